The number of methoxy groups -OCH3 is 1. The maximum Gasteiger partial charge on any atom is 0.191 e. The highest BCUT2D eigenvalue weighted by Crippen LogP contribution is 2.05. The fourth-order valence-corrected chi connectivity index (χ4v) is 1.95. The van der Waals surface area contributed by atoms with Crippen molar-refractivity contribution < 1.29 is 4.74 Å². The Hall–Kier alpha value is -0.0400. The average Bonchev–Trinajstić information content (AvgIpc) is 2.41. The van der Waals surface area contributed by atoms with Gasteiger partial charge in [0.15, 0.2) is 5.96 Å². The zero-order chi connectivity index (χ0) is 15.1. The molecule has 0 aliphatic carbocycles. The first-order valence-electron chi connectivity index (χ1n) is 8.21. The van der Waals surface area contributed by atoms with E-state index in [-0.39, 0.29) is 24.0 Å². The molecule has 5 heteroatoms. The molecule has 0 amide bonds. The Morgan fingerprint density at radius 3 is 2.43 bits per heavy atom. The predicted octanol–water partition coefficient (Wildman–Crippen LogP) is 3.80. The van der Waals surface area contributed by atoms with Crippen LogP contribution in [0.4, 0.5) is 0 Å². The molecule has 0 aromatic heterocycles. The lowest BCUT2D eigenvalue weighted by Gasteiger charge is -2.11. The molecule has 0 unspecified atom stereocenters. The number of ether oxygens (including phenoxy) is 1. The lowest BCUT2D eigenvalue weighted by Crippen LogP contribution is -2.37. The minimum Gasteiger partial charge on any atom is -0.385 e. The Morgan fingerprint density at radius 2 is 1.81 bits per heavy atom. The van der Waals surface area contributed by atoms with Gasteiger partial charge in [-0.2, -0.15) is 0 Å². The van der Waals surface area contributed by atoms with Gasteiger partial charge in [-0.3, -0.25) is 4.99 Å². The van der Waals surface area contributed by atoms with Crippen molar-refractivity contribution in [1.29, 1.82) is 0 Å². The van der Waals surface area contributed by atoms with Crippen LogP contribution in [0.3, 0.4) is 0 Å². The minimum absolute atomic E-state index is 0. The maximum absolute atomic E-state index is 5.04. The van der Waals surface area contributed by atoms with Crippen LogP contribution in [-0.4, -0.2) is 39.3 Å². The fraction of sp³-hybridized carbons (Fsp3) is 0.938. The van der Waals surface area contributed by atoms with Crippen LogP contribution in [0.2, 0.25) is 0 Å². The molecule has 0 rings (SSSR count). The van der Waals surface area contributed by atoms with Gasteiger partial charge >= 0.3 is 0 Å². The van der Waals surface area contributed by atoms with Gasteiger partial charge in [-0.05, 0) is 38.5 Å². The van der Waals surface area contributed by atoms with E-state index in [9.17, 15) is 0 Å². The van der Waals surface area contributed by atoms with Crippen molar-refractivity contribution in [3.63, 3.8) is 0 Å². The summed E-state index contributed by atoms with van der Waals surface area (Å²) >= 11 is 0. The zero-order valence-electron chi connectivity index (χ0n) is 14.4. The van der Waals surface area contributed by atoms with Crippen molar-refractivity contribution in [3.8, 4) is 0 Å². The van der Waals surface area contributed by atoms with E-state index in [4.69, 9.17) is 4.74 Å². The molecule has 0 saturated carbocycles. The van der Waals surface area contributed by atoms with Crippen LogP contribution in [0.25, 0.3) is 0 Å². The molecule has 0 heterocycles. The number of hydrogen-bond donors (Lipinski definition) is 2. The molecule has 0 aliphatic rings. The van der Waals surface area contributed by atoms with E-state index in [1.165, 1.54) is 25.7 Å². The molecule has 4 nitrogen and oxygen atoms in total. The second-order valence-corrected chi connectivity index (χ2v) is 5.63. The smallest absolute Gasteiger partial charge is 0.191 e. The summed E-state index contributed by atoms with van der Waals surface area (Å²) in [7, 11) is 1.75. The molecular formula is C16H36IN3O. The molecule has 0 spiro atoms. The van der Waals surface area contributed by atoms with Crippen LogP contribution < -0.4 is 10.6 Å². The van der Waals surface area contributed by atoms with Gasteiger partial charge in [0.25, 0.3) is 0 Å². The molecule has 0 bridgehead atoms. The van der Waals surface area contributed by atoms with Crippen LogP contribution in [0, 0.1) is 5.92 Å². The predicted molar refractivity (Wildman–Crippen MR) is 104 cm³/mol. The van der Waals surface area contributed by atoms with Gasteiger partial charge in [-0.15, -0.1) is 24.0 Å². The van der Waals surface area contributed by atoms with Crippen molar-refractivity contribution in [2.75, 3.05) is 33.4 Å². The second kappa shape index (κ2) is 18.0. The zero-order valence-corrected chi connectivity index (χ0v) is 16.7. The Kier molecular flexibility index (Phi) is 19.9. The molecule has 0 aromatic carbocycles. The third kappa shape index (κ3) is 17.9. The molecule has 2 N–H and O–H groups in total. The third-order valence-corrected chi connectivity index (χ3v) is 3.12. The lowest BCUT2D eigenvalue weighted by atomic mass is 10.1. The van der Waals surface area contributed by atoms with Crippen LogP contribution in [0.5, 0.6) is 0 Å². The summed E-state index contributed by atoms with van der Waals surface area (Å²) in [5.74, 6) is 1.77. The van der Waals surface area contributed by atoms with Gasteiger partial charge in [0, 0.05) is 33.4 Å². The van der Waals surface area contributed by atoms with Crippen molar-refractivity contribution in [2.45, 2.75) is 59.3 Å². The monoisotopic (exact) mass is 413 g/mol. The first kappa shape index (κ1) is 23.2. The van der Waals surface area contributed by atoms with E-state index in [1.54, 1.807) is 7.11 Å². The second-order valence-electron chi connectivity index (χ2n) is 5.63. The number of aliphatic imine (C=N–C) groups is 1. The number of hydrogen-bond acceptors (Lipinski definition) is 2. The number of halogens is 1. The largest absolute Gasteiger partial charge is 0.385 e. The molecule has 128 valence electrons. The van der Waals surface area contributed by atoms with Gasteiger partial charge in [0.05, 0.1) is 0 Å². The average molecular weight is 413 g/mol. The van der Waals surface area contributed by atoms with E-state index >= 15 is 0 Å². The topological polar surface area (TPSA) is 45.7 Å². The molecule has 0 aromatic rings. The highest BCUT2D eigenvalue weighted by molar-refractivity contribution is 14.0. The Morgan fingerprint density at radius 1 is 1.05 bits per heavy atom. The first-order valence-corrected chi connectivity index (χ1v) is 8.21. The Balaban J connectivity index is 0. The number of guanidine groups is 1. The summed E-state index contributed by atoms with van der Waals surface area (Å²) in [4.78, 5) is 4.60. The molecular weight excluding hydrogens is 377 g/mol. The highest BCUT2D eigenvalue weighted by Gasteiger charge is 1.98. The number of unbranched alkanes of at least 4 members (excludes halogenated alkanes) is 3. The van der Waals surface area contributed by atoms with Gasteiger partial charge in [-0.25, -0.2) is 0 Å². The Bertz CT molecular complexity index is 236. The minimum atomic E-state index is 0. The first-order chi connectivity index (χ1) is 9.70. The van der Waals surface area contributed by atoms with E-state index in [2.05, 4.69) is 36.4 Å². The van der Waals surface area contributed by atoms with E-state index in [1.807, 2.05) is 0 Å². The molecule has 0 saturated heterocycles. The molecule has 0 atom stereocenters. The van der Waals surface area contributed by atoms with Crippen molar-refractivity contribution >= 4 is 29.9 Å². The summed E-state index contributed by atoms with van der Waals surface area (Å²) in [6, 6.07) is 0. The molecule has 0 radical (unpaired) electrons. The summed E-state index contributed by atoms with van der Waals surface area (Å²) in [6.07, 6.45) is 7.27. The van der Waals surface area contributed by atoms with Crippen LogP contribution in [0.1, 0.15) is 59.3 Å². The van der Waals surface area contributed by atoms with Crippen molar-refractivity contribution in [3.05, 3.63) is 0 Å². The Labute approximate surface area is 148 Å². The quantitative estimate of drug-likeness (QED) is 0.221. The van der Waals surface area contributed by atoms with Crippen LogP contribution >= 0.6 is 24.0 Å². The van der Waals surface area contributed by atoms with Gasteiger partial charge in [0.2, 0.25) is 0 Å². The summed E-state index contributed by atoms with van der Waals surface area (Å²) in [5.41, 5.74) is 0. The fourth-order valence-electron chi connectivity index (χ4n) is 1.95. The van der Waals surface area contributed by atoms with Gasteiger partial charge in [0.1, 0.15) is 0 Å². The number of rotatable bonds is 12. The van der Waals surface area contributed by atoms with Crippen molar-refractivity contribution in [1.82, 2.24) is 10.6 Å². The van der Waals surface area contributed by atoms with Crippen LogP contribution in [0.15, 0.2) is 4.99 Å². The normalized spacial score (nSPS) is 11.4. The summed E-state index contributed by atoms with van der Waals surface area (Å²) < 4.78 is 5.04. The molecule has 0 aliphatic heterocycles. The standard InChI is InChI=1S/C16H35N3O.HI/c1-5-17-16(18-12-8-6-10-14-20-4)19-13-9-7-11-15(2)3;/h15H,5-14H2,1-4H3,(H2,17,18,19);1H. The molecule has 0 fully saturated rings. The summed E-state index contributed by atoms with van der Waals surface area (Å²) in [6.45, 7) is 10.4. The highest BCUT2D eigenvalue weighted by atomic mass is 127. The maximum atomic E-state index is 5.04. The van der Waals surface area contributed by atoms with E-state index < -0.39 is 0 Å². The van der Waals surface area contributed by atoms with Gasteiger partial charge < -0.3 is 15.4 Å². The third-order valence-electron chi connectivity index (χ3n) is 3.12. The van der Waals surface area contributed by atoms with Crippen molar-refractivity contribution in [2.24, 2.45) is 10.9 Å². The SMILES string of the molecule is CCNC(=NCCCCCOC)NCCCCC(C)C.I. The summed E-state index contributed by atoms with van der Waals surface area (Å²) in [5, 5.41) is 6.71. The molecule has 21 heavy (non-hydrogen) atoms. The van der Waals surface area contributed by atoms with E-state index in [0.717, 1.165) is 51.0 Å². The lowest BCUT2D eigenvalue weighted by molar-refractivity contribution is 0.192. The number of nitrogens with zero attached hydrogens (tertiary/aromatic N) is 1. The number of nitrogens with one attached hydrogen (secondary N) is 2. The van der Waals surface area contributed by atoms with E-state index in [0.29, 0.717) is 0 Å². The van der Waals surface area contributed by atoms with Gasteiger partial charge in [-0.1, -0.05) is 26.7 Å². The van der Waals surface area contributed by atoms with Crippen LogP contribution in [-0.2, 0) is 4.74 Å².